The number of fused-ring (bicyclic) bond motifs is 3. The van der Waals surface area contributed by atoms with Gasteiger partial charge in [0.05, 0.1) is 21.1 Å². The van der Waals surface area contributed by atoms with Gasteiger partial charge in [-0.25, -0.2) is 14.2 Å². The van der Waals surface area contributed by atoms with E-state index in [2.05, 4.69) is 4.98 Å². The van der Waals surface area contributed by atoms with Crippen LogP contribution in [0, 0.1) is 0 Å². The fourth-order valence-electron chi connectivity index (χ4n) is 3.26. The molecule has 1 N–H and O–H groups in total. The molecule has 136 valence electrons. The zero-order chi connectivity index (χ0) is 19.3. The van der Waals surface area contributed by atoms with Gasteiger partial charge in [-0.2, -0.15) is 0 Å². The quantitative estimate of drug-likeness (QED) is 0.516. The van der Waals surface area contributed by atoms with Gasteiger partial charge >= 0.3 is 5.97 Å². The van der Waals surface area contributed by atoms with Crippen molar-refractivity contribution in [3.8, 4) is 5.69 Å². The topological polar surface area (TPSA) is 76.6 Å². The molecule has 0 aliphatic rings. The number of carboxylic acid groups (broad SMARTS) is 1. The van der Waals surface area contributed by atoms with Gasteiger partial charge in [-0.05, 0) is 54.6 Å². The standard InChI is InChI=1S/C21H13N3O3S/c25-19-18(28-21-22-16-5-1-2-6-17(16)24(19)21)12-15-4-3-11-23(15)14-9-7-13(8-10-14)20(26)27/h1-12H,(H,26,27). The first-order valence-electron chi connectivity index (χ1n) is 8.54. The van der Waals surface area contributed by atoms with Crippen LogP contribution < -0.4 is 10.1 Å². The molecule has 3 heterocycles. The molecule has 0 saturated heterocycles. The lowest BCUT2D eigenvalue weighted by atomic mass is 10.2. The zero-order valence-corrected chi connectivity index (χ0v) is 15.3. The van der Waals surface area contributed by atoms with Crippen LogP contribution in [-0.2, 0) is 0 Å². The van der Waals surface area contributed by atoms with Crippen LogP contribution in [0.1, 0.15) is 16.1 Å². The first-order chi connectivity index (χ1) is 13.6. The minimum Gasteiger partial charge on any atom is -0.478 e. The highest BCUT2D eigenvalue weighted by Crippen LogP contribution is 2.17. The van der Waals surface area contributed by atoms with Crippen molar-refractivity contribution in [3.63, 3.8) is 0 Å². The van der Waals surface area contributed by atoms with Crippen molar-refractivity contribution >= 4 is 39.4 Å². The Balaban J connectivity index is 1.65. The second kappa shape index (κ2) is 6.17. The number of imidazole rings is 1. The number of hydrogen-bond acceptors (Lipinski definition) is 4. The molecule has 0 spiro atoms. The second-order valence-electron chi connectivity index (χ2n) is 6.29. The summed E-state index contributed by atoms with van der Waals surface area (Å²) in [6.45, 7) is 0. The predicted octanol–water partition coefficient (Wildman–Crippen LogP) is 2.95. The summed E-state index contributed by atoms with van der Waals surface area (Å²) in [4.78, 5) is 29.2. The maximum absolute atomic E-state index is 12.9. The van der Waals surface area contributed by atoms with Gasteiger partial charge in [0.1, 0.15) is 0 Å². The van der Waals surface area contributed by atoms with Crippen LogP contribution in [0.2, 0.25) is 0 Å². The van der Waals surface area contributed by atoms with Gasteiger partial charge in [-0.15, -0.1) is 0 Å². The summed E-state index contributed by atoms with van der Waals surface area (Å²) in [6, 6.07) is 18.0. The third kappa shape index (κ3) is 2.52. The van der Waals surface area contributed by atoms with Crippen molar-refractivity contribution in [3.05, 3.63) is 93.0 Å². The number of rotatable bonds is 3. The summed E-state index contributed by atoms with van der Waals surface area (Å²) in [7, 11) is 0. The number of hydrogen-bond donors (Lipinski definition) is 1. The average molecular weight is 387 g/mol. The Bertz CT molecular complexity index is 1460. The second-order valence-corrected chi connectivity index (χ2v) is 7.30. The van der Waals surface area contributed by atoms with E-state index in [-0.39, 0.29) is 11.1 Å². The lowest BCUT2D eigenvalue weighted by Crippen LogP contribution is -2.23. The zero-order valence-electron chi connectivity index (χ0n) is 14.4. The molecular formula is C21H13N3O3S. The Morgan fingerprint density at radius 1 is 1.04 bits per heavy atom. The predicted molar refractivity (Wildman–Crippen MR) is 108 cm³/mol. The normalized spacial score (nSPS) is 12.2. The van der Waals surface area contributed by atoms with Gasteiger partial charge in [0.25, 0.3) is 5.56 Å². The summed E-state index contributed by atoms with van der Waals surface area (Å²) in [6.07, 6.45) is 3.71. The molecule has 5 rings (SSSR count). The molecule has 0 fully saturated rings. The van der Waals surface area contributed by atoms with Crippen molar-refractivity contribution in [2.24, 2.45) is 0 Å². The van der Waals surface area contributed by atoms with Crippen molar-refractivity contribution in [2.45, 2.75) is 0 Å². The third-order valence-corrected chi connectivity index (χ3v) is 5.57. The first kappa shape index (κ1) is 16.5. The van der Waals surface area contributed by atoms with Gasteiger partial charge in [0.15, 0.2) is 4.96 Å². The molecule has 7 heteroatoms. The Labute approximate surface area is 162 Å². The van der Waals surface area contributed by atoms with Crippen molar-refractivity contribution in [1.29, 1.82) is 0 Å². The molecule has 3 aromatic heterocycles. The molecule has 0 unspecified atom stereocenters. The average Bonchev–Trinajstić information content (AvgIpc) is 3.38. The molecule has 0 saturated carbocycles. The SMILES string of the molecule is O=C(O)c1ccc(-n2cccc2C=c2sc3nc4ccccc4n3c2=O)cc1. The highest BCUT2D eigenvalue weighted by molar-refractivity contribution is 7.15. The highest BCUT2D eigenvalue weighted by atomic mass is 32.1. The maximum Gasteiger partial charge on any atom is 0.335 e. The number of nitrogens with zero attached hydrogens (tertiary/aromatic N) is 3. The van der Waals surface area contributed by atoms with Crippen LogP contribution >= 0.6 is 11.3 Å². The van der Waals surface area contributed by atoms with Crippen LogP contribution in [0.25, 0.3) is 27.8 Å². The number of thiazole rings is 1. The molecule has 6 nitrogen and oxygen atoms in total. The summed E-state index contributed by atoms with van der Waals surface area (Å²) in [5, 5.41) is 9.06. The number of carboxylic acids is 1. The number of para-hydroxylation sites is 2. The van der Waals surface area contributed by atoms with E-state index in [1.807, 2.05) is 53.2 Å². The van der Waals surface area contributed by atoms with Gasteiger partial charge in [-0.3, -0.25) is 4.79 Å². The van der Waals surface area contributed by atoms with Gasteiger partial charge < -0.3 is 9.67 Å². The van der Waals surface area contributed by atoms with E-state index in [9.17, 15) is 9.59 Å². The van der Waals surface area contributed by atoms with Crippen LogP contribution in [-0.4, -0.2) is 25.0 Å². The van der Waals surface area contributed by atoms with Crippen molar-refractivity contribution in [1.82, 2.24) is 14.0 Å². The van der Waals surface area contributed by atoms with E-state index in [0.29, 0.717) is 9.49 Å². The van der Waals surface area contributed by atoms with Gasteiger partial charge in [0.2, 0.25) is 0 Å². The minimum atomic E-state index is -0.962. The van der Waals surface area contributed by atoms with Gasteiger partial charge in [-0.1, -0.05) is 23.5 Å². The van der Waals surface area contributed by atoms with Crippen molar-refractivity contribution < 1.29 is 9.90 Å². The van der Waals surface area contributed by atoms with E-state index in [4.69, 9.17) is 5.11 Å². The van der Waals surface area contributed by atoms with Gasteiger partial charge in [0, 0.05) is 17.6 Å². The highest BCUT2D eigenvalue weighted by Gasteiger charge is 2.11. The molecule has 0 atom stereocenters. The van der Waals surface area contributed by atoms with Crippen LogP contribution in [0.3, 0.4) is 0 Å². The monoisotopic (exact) mass is 387 g/mol. The largest absolute Gasteiger partial charge is 0.478 e. The summed E-state index contributed by atoms with van der Waals surface area (Å²) in [5.41, 5.74) is 3.39. The Morgan fingerprint density at radius 2 is 1.82 bits per heavy atom. The number of aromatic nitrogens is 3. The van der Waals surface area contributed by atoms with Crippen molar-refractivity contribution in [2.75, 3.05) is 0 Å². The van der Waals surface area contributed by atoms with E-state index in [1.54, 1.807) is 28.7 Å². The summed E-state index contributed by atoms with van der Waals surface area (Å²) in [5.74, 6) is -0.962. The van der Waals surface area contributed by atoms with E-state index >= 15 is 0 Å². The first-order valence-corrected chi connectivity index (χ1v) is 9.36. The molecule has 0 aliphatic heterocycles. The van der Waals surface area contributed by atoms with E-state index < -0.39 is 5.97 Å². The number of aromatic carboxylic acids is 1. The molecule has 0 bridgehead atoms. The molecule has 2 aromatic carbocycles. The number of carbonyl (C=O) groups is 1. The van der Waals surface area contributed by atoms with E-state index in [0.717, 1.165) is 22.4 Å². The van der Waals surface area contributed by atoms with Crippen LogP contribution in [0.4, 0.5) is 0 Å². The molecule has 0 amide bonds. The Hall–Kier alpha value is -3.71. The number of benzene rings is 2. The maximum atomic E-state index is 12.9. The smallest absolute Gasteiger partial charge is 0.335 e. The van der Waals surface area contributed by atoms with Crippen LogP contribution in [0.5, 0.6) is 0 Å². The molecule has 0 radical (unpaired) electrons. The van der Waals surface area contributed by atoms with E-state index in [1.165, 1.54) is 11.3 Å². The Morgan fingerprint density at radius 3 is 2.61 bits per heavy atom. The molecule has 5 aromatic rings. The molecule has 0 aliphatic carbocycles. The molecular weight excluding hydrogens is 374 g/mol. The Kier molecular flexibility index (Phi) is 3.63. The molecule has 28 heavy (non-hydrogen) atoms. The fraction of sp³-hybridized carbons (Fsp3) is 0. The lowest BCUT2D eigenvalue weighted by molar-refractivity contribution is 0.0697. The fourth-order valence-corrected chi connectivity index (χ4v) is 4.23. The summed E-state index contributed by atoms with van der Waals surface area (Å²) < 4.78 is 4.14. The lowest BCUT2D eigenvalue weighted by Gasteiger charge is -2.06. The summed E-state index contributed by atoms with van der Waals surface area (Å²) >= 11 is 1.35. The minimum absolute atomic E-state index is 0.0947. The van der Waals surface area contributed by atoms with Crippen LogP contribution in [0.15, 0.2) is 71.7 Å². The third-order valence-electron chi connectivity index (χ3n) is 4.60.